The van der Waals surface area contributed by atoms with E-state index in [0.29, 0.717) is 6.54 Å². The van der Waals surface area contributed by atoms with E-state index in [1.165, 1.54) is 11.1 Å². The monoisotopic (exact) mass is 270 g/mol. The third-order valence-corrected chi connectivity index (χ3v) is 3.97. The van der Waals surface area contributed by atoms with E-state index in [1.807, 2.05) is 40.9 Å². The number of aromatic nitrogens is 3. The lowest BCUT2D eigenvalue weighted by molar-refractivity contribution is 0.920. The van der Waals surface area contributed by atoms with Gasteiger partial charge in [-0.3, -0.25) is 4.40 Å². The Kier molecular flexibility index (Phi) is 3.48. The van der Waals surface area contributed by atoms with Crippen molar-refractivity contribution in [1.82, 2.24) is 14.6 Å². The van der Waals surface area contributed by atoms with Gasteiger partial charge in [-0.25, -0.2) is 0 Å². The van der Waals surface area contributed by atoms with Crippen LogP contribution in [0.15, 0.2) is 53.8 Å². The van der Waals surface area contributed by atoms with Crippen molar-refractivity contribution < 1.29 is 0 Å². The van der Waals surface area contributed by atoms with Crippen molar-refractivity contribution in [3.8, 4) is 0 Å². The molecule has 3 aromatic rings. The molecule has 5 heteroatoms. The molecule has 0 unspecified atom stereocenters. The van der Waals surface area contributed by atoms with Crippen LogP contribution in [0.4, 0.5) is 0 Å². The van der Waals surface area contributed by atoms with E-state index in [1.54, 1.807) is 11.8 Å². The average molecular weight is 270 g/mol. The summed E-state index contributed by atoms with van der Waals surface area (Å²) in [7, 11) is 0. The standard InChI is InChI=1S/C14H14N4S/c15-9-11-5-1-2-6-12(11)10-19-14-17-16-13-7-3-4-8-18(13)14/h1-8H,9-10,15H2. The number of thioether (sulfide) groups is 1. The van der Waals surface area contributed by atoms with Gasteiger partial charge in [0.2, 0.25) is 0 Å². The first-order valence-corrected chi connectivity index (χ1v) is 7.06. The van der Waals surface area contributed by atoms with E-state index < -0.39 is 0 Å². The molecule has 0 aliphatic carbocycles. The second-order valence-corrected chi connectivity index (χ2v) is 5.12. The molecule has 0 amide bonds. The lowest BCUT2D eigenvalue weighted by Crippen LogP contribution is -2.00. The fourth-order valence-electron chi connectivity index (χ4n) is 1.96. The highest BCUT2D eigenvalue weighted by atomic mass is 32.2. The van der Waals surface area contributed by atoms with Gasteiger partial charge in [0.15, 0.2) is 10.8 Å². The lowest BCUT2D eigenvalue weighted by atomic mass is 10.1. The predicted molar refractivity (Wildman–Crippen MR) is 76.9 cm³/mol. The van der Waals surface area contributed by atoms with Gasteiger partial charge in [-0.1, -0.05) is 42.1 Å². The highest BCUT2D eigenvalue weighted by Gasteiger charge is 2.07. The van der Waals surface area contributed by atoms with E-state index in [4.69, 9.17) is 5.73 Å². The molecule has 0 aliphatic heterocycles. The van der Waals surface area contributed by atoms with Crippen molar-refractivity contribution in [3.63, 3.8) is 0 Å². The van der Waals surface area contributed by atoms with E-state index in [2.05, 4.69) is 22.3 Å². The summed E-state index contributed by atoms with van der Waals surface area (Å²) in [6.45, 7) is 0.567. The molecule has 3 rings (SSSR count). The van der Waals surface area contributed by atoms with Crippen LogP contribution in [-0.2, 0) is 12.3 Å². The van der Waals surface area contributed by atoms with Crippen LogP contribution in [0.25, 0.3) is 5.65 Å². The first-order valence-electron chi connectivity index (χ1n) is 6.08. The van der Waals surface area contributed by atoms with E-state index in [-0.39, 0.29) is 0 Å². The average Bonchev–Trinajstić information content (AvgIpc) is 2.89. The third-order valence-electron chi connectivity index (χ3n) is 2.98. The van der Waals surface area contributed by atoms with Crippen LogP contribution in [0.2, 0.25) is 0 Å². The fraction of sp³-hybridized carbons (Fsp3) is 0.143. The molecule has 0 saturated carbocycles. The highest BCUT2D eigenvalue weighted by molar-refractivity contribution is 7.98. The molecule has 0 fully saturated rings. The number of hydrogen-bond donors (Lipinski definition) is 1. The first kappa shape index (κ1) is 12.2. The Balaban J connectivity index is 1.82. The molecule has 2 N–H and O–H groups in total. The predicted octanol–water partition coefficient (Wildman–Crippen LogP) is 2.48. The number of benzene rings is 1. The maximum Gasteiger partial charge on any atom is 0.195 e. The van der Waals surface area contributed by atoms with Gasteiger partial charge in [-0.05, 0) is 23.3 Å². The van der Waals surface area contributed by atoms with E-state index in [9.17, 15) is 0 Å². The number of fused-ring (bicyclic) bond motifs is 1. The molecule has 0 aliphatic rings. The minimum absolute atomic E-state index is 0.567. The maximum atomic E-state index is 5.75. The van der Waals surface area contributed by atoms with Gasteiger partial charge in [0.05, 0.1) is 0 Å². The Morgan fingerprint density at radius 2 is 1.79 bits per heavy atom. The van der Waals surface area contributed by atoms with Crippen molar-refractivity contribution in [2.24, 2.45) is 5.73 Å². The molecule has 0 atom stereocenters. The van der Waals surface area contributed by atoms with Crippen LogP contribution in [-0.4, -0.2) is 14.6 Å². The van der Waals surface area contributed by atoms with Crippen molar-refractivity contribution in [2.75, 3.05) is 0 Å². The molecule has 19 heavy (non-hydrogen) atoms. The molecule has 2 aromatic heterocycles. The zero-order chi connectivity index (χ0) is 13.1. The van der Waals surface area contributed by atoms with Crippen LogP contribution in [0.1, 0.15) is 11.1 Å². The summed E-state index contributed by atoms with van der Waals surface area (Å²) < 4.78 is 2.00. The van der Waals surface area contributed by atoms with Crippen LogP contribution in [0.3, 0.4) is 0 Å². The molecule has 0 saturated heterocycles. The largest absolute Gasteiger partial charge is 0.326 e. The molecular formula is C14H14N4S. The molecule has 0 spiro atoms. The highest BCUT2D eigenvalue weighted by Crippen LogP contribution is 2.23. The summed E-state index contributed by atoms with van der Waals surface area (Å²) >= 11 is 1.67. The van der Waals surface area contributed by atoms with Crippen molar-refractivity contribution in [2.45, 2.75) is 17.5 Å². The van der Waals surface area contributed by atoms with Gasteiger partial charge < -0.3 is 5.73 Å². The fourth-order valence-corrected chi connectivity index (χ4v) is 2.92. The Bertz CT molecular complexity index is 692. The second kappa shape index (κ2) is 5.42. The quantitative estimate of drug-likeness (QED) is 0.740. The van der Waals surface area contributed by atoms with Gasteiger partial charge >= 0.3 is 0 Å². The Morgan fingerprint density at radius 3 is 2.63 bits per heavy atom. The number of pyridine rings is 1. The van der Waals surface area contributed by atoms with Crippen molar-refractivity contribution in [1.29, 1.82) is 0 Å². The minimum Gasteiger partial charge on any atom is -0.326 e. The zero-order valence-electron chi connectivity index (χ0n) is 10.4. The first-order chi connectivity index (χ1) is 9.38. The Labute approximate surface area is 115 Å². The molecular weight excluding hydrogens is 256 g/mol. The third kappa shape index (κ3) is 2.47. The number of nitrogens with two attached hydrogens (primary N) is 1. The van der Waals surface area contributed by atoms with Gasteiger partial charge in [0, 0.05) is 18.5 Å². The smallest absolute Gasteiger partial charge is 0.195 e. The normalized spacial score (nSPS) is 11.0. The zero-order valence-corrected chi connectivity index (χ0v) is 11.2. The van der Waals surface area contributed by atoms with Crippen molar-refractivity contribution >= 4 is 17.4 Å². The Hall–Kier alpha value is -1.85. The van der Waals surface area contributed by atoms with Crippen molar-refractivity contribution in [3.05, 3.63) is 59.8 Å². The number of rotatable bonds is 4. The van der Waals surface area contributed by atoms with Gasteiger partial charge in [-0.15, -0.1) is 10.2 Å². The molecule has 4 nitrogen and oxygen atoms in total. The van der Waals surface area contributed by atoms with Crippen LogP contribution < -0.4 is 5.73 Å². The van der Waals surface area contributed by atoms with E-state index >= 15 is 0 Å². The maximum absolute atomic E-state index is 5.75. The molecule has 0 bridgehead atoms. The number of hydrogen-bond acceptors (Lipinski definition) is 4. The summed E-state index contributed by atoms with van der Waals surface area (Å²) in [6, 6.07) is 14.1. The Morgan fingerprint density at radius 1 is 1.00 bits per heavy atom. The van der Waals surface area contributed by atoms with Gasteiger partial charge in [-0.2, -0.15) is 0 Å². The summed E-state index contributed by atoms with van der Waals surface area (Å²) in [5.41, 5.74) is 9.06. The molecule has 1 aromatic carbocycles. The summed E-state index contributed by atoms with van der Waals surface area (Å²) in [6.07, 6.45) is 1.98. The molecule has 0 radical (unpaired) electrons. The van der Waals surface area contributed by atoms with Crippen LogP contribution >= 0.6 is 11.8 Å². The topological polar surface area (TPSA) is 56.2 Å². The molecule has 2 heterocycles. The molecule has 96 valence electrons. The number of nitrogens with zero attached hydrogens (tertiary/aromatic N) is 3. The summed E-state index contributed by atoms with van der Waals surface area (Å²) in [5, 5.41) is 9.26. The lowest BCUT2D eigenvalue weighted by Gasteiger charge is -2.06. The SMILES string of the molecule is NCc1ccccc1CSc1nnc2ccccn12. The summed E-state index contributed by atoms with van der Waals surface area (Å²) in [4.78, 5) is 0. The van der Waals surface area contributed by atoms with Crippen LogP contribution in [0, 0.1) is 0 Å². The van der Waals surface area contributed by atoms with Crippen LogP contribution in [0.5, 0.6) is 0 Å². The van der Waals surface area contributed by atoms with Gasteiger partial charge in [0.25, 0.3) is 0 Å². The van der Waals surface area contributed by atoms with Gasteiger partial charge in [0.1, 0.15) is 0 Å². The van der Waals surface area contributed by atoms with E-state index in [0.717, 1.165) is 16.6 Å². The minimum atomic E-state index is 0.567. The second-order valence-electron chi connectivity index (χ2n) is 4.17. The summed E-state index contributed by atoms with van der Waals surface area (Å²) in [5.74, 6) is 0.850.